The summed E-state index contributed by atoms with van der Waals surface area (Å²) in [6, 6.07) is 10.4. The topological polar surface area (TPSA) is 76.3 Å². The summed E-state index contributed by atoms with van der Waals surface area (Å²) in [5, 5.41) is 13.4. The number of benzene rings is 3. The van der Waals surface area contributed by atoms with Gasteiger partial charge >= 0.3 is 11.1 Å². The van der Waals surface area contributed by atoms with Gasteiger partial charge in [-0.25, -0.2) is 8.78 Å². The van der Waals surface area contributed by atoms with Gasteiger partial charge in [-0.05, 0) is 42.2 Å². The number of aryl methyl sites for hydroxylation is 1. The Bertz CT molecular complexity index is 1650. The molecule has 2 N–H and O–H groups in total. The Morgan fingerprint density at radius 3 is 2.41 bits per heavy atom. The highest BCUT2D eigenvalue weighted by molar-refractivity contribution is 6.34. The van der Waals surface area contributed by atoms with Crippen molar-refractivity contribution in [2.24, 2.45) is 5.92 Å². The van der Waals surface area contributed by atoms with Gasteiger partial charge in [-0.2, -0.15) is 0 Å². The molecule has 2 heterocycles. The van der Waals surface area contributed by atoms with Gasteiger partial charge in [0, 0.05) is 31.1 Å². The molecule has 1 fully saturated rings. The lowest BCUT2D eigenvalue weighted by molar-refractivity contribution is 0.306. The molecule has 5 rings (SSSR count). The Balaban J connectivity index is 1.99. The third-order valence-electron chi connectivity index (χ3n) is 6.98. The smallest absolute Gasteiger partial charge is 0.321 e. The number of nitrogens with zero attached hydrogens (tertiary/aromatic N) is 2. The van der Waals surface area contributed by atoms with E-state index in [2.05, 4.69) is 5.32 Å². The van der Waals surface area contributed by atoms with Crippen LogP contribution in [0.3, 0.4) is 0 Å². The molecule has 0 saturated carbocycles. The van der Waals surface area contributed by atoms with Gasteiger partial charge in [0.15, 0.2) is 5.82 Å². The minimum Gasteiger partial charge on any atom is -0.507 e. The average molecular weight is 526 g/mol. The van der Waals surface area contributed by atoms with Crippen LogP contribution in [0.1, 0.15) is 30.9 Å². The number of hydrogen-bond acceptors (Lipinski definition) is 4. The third kappa shape index (κ3) is 4.04. The second-order valence-corrected chi connectivity index (χ2v) is 10.2. The van der Waals surface area contributed by atoms with Crippen LogP contribution in [0.2, 0.25) is 5.02 Å². The van der Waals surface area contributed by atoms with Crippen LogP contribution >= 0.6 is 11.6 Å². The maximum absolute atomic E-state index is 16.7. The van der Waals surface area contributed by atoms with Gasteiger partial charge in [0.25, 0.3) is 0 Å². The van der Waals surface area contributed by atoms with Crippen LogP contribution in [-0.2, 0) is 6.54 Å². The molecular formula is C28H26ClF2N3O3. The van der Waals surface area contributed by atoms with Gasteiger partial charge in [-0.3, -0.25) is 14.2 Å². The number of aromatic hydroxyl groups is 1. The number of fused-ring (bicyclic) bond motifs is 1. The Hall–Kier alpha value is -3.49. The first-order valence-corrected chi connectivity index (χ1v) is 12.5. The molecule has 0 aliphatic carbocycles. The van der Waals surface area contributed by atoms with E-state index in [0.29, 0.717) is 24.3 Å². The van der Waals surface area contributed by atoms with Crippen LogP contribution in [-0.4, -0.2) is 27.3 Å². The van der Waals surface area contributed by atoms with Gasteiger partial charge in [-0.15, -0.1) is 0 Å². The van der Waals surface area contributed by atoms with Crippen LogP contribution in [0.25, 0.3) is 27.8 Å². The second kappa shape index (κ2) is 9.43. The van der Waals surface area contributed by atoms with Crippen molar-refractivity contribution in [2.45, 2.75) is 33.2 Å². The van der Waals surface area contributed by atoms with Crippen LogP contribution in [0.4, 0.5) is 8.78 Å². The fourth-order valence-electron chi connectivity index (χ4n) is 5.01. The molecule has 1 saturated heterocycles. The van der Waals surface area contributed by atoms with E-state index in [1.807, 2.05) is 26.0 Å². The fraction of sp³-hybridized carbons (Fsp3) is 0.286. The molecule has 0 spiro atoms. The van der Waals surface area contributed by atoms with Crippen LogP contribution in [0, 0.1) is 24.5 Å². The molecule has 4 aromatic rings. The number of hydrogen-bond donors (Lipinski definition) is 2. The minimum atomic E-state index is -1.00. The summed E-state index contributed by atoms with van der Waals surface area (Å²) in [6.07, 6.45) is 0. The lowest BCUT2D eigenvalue weighted by atomic mass is 9.97. The predicted molar refractivity (Wildman–Crippen MR) is 141 cm³/mol. The number of phenolic OH excluding ortho intramolecular Hbond substituents is 1. The van der Waals surface area contributed by atoms with Crippen LogP contribution in [0.5, 0.6) is 5.75 Å². The second-order valence-electron chi connectivity index (χ2n) is 9.80. The maximum atomic E-state index is 16.7. The molecule has 1 aromatic heterocycles. The Morgan fingerprint density at radius 1 is 1.08 bits per heavy atom. The predicted octanol–water partition coefficient (Wildman–Crippen LogP) is 5.11. The van der Waals surface area contributed by atoms with E-state index >= 15 is 4.39 Å². The zero-order valence-electron chi connectivity index (χ0n) is 20.6. The van der Waals surface area contributed by atoms with E-state index in [-0.39, 0.29) is 40.0 Å². The molecule has 0 atom stereocenters. The van der Waals surface area contributed by atoms with Gasteiger partial charge in [-0.1, -0.05) is 49.7 Å². The molecule has 3 aromatic carbocycles. The van der Waals surface area contributed by atoms with Crippen LogP contribution < -0.4 is 16.4 Å². The SMILES string of the molecule is Cc1cccc(C(C)C)c1-n1c(=O)c(=O)n(CC2CNC2)c2cc(Cl)c(-c3c(O)cccc3F)c(F)c21. The van der Waals surface area contributed by atoms with E-state index < -0.39 is 34.1 Å². The summed E-state index contributed by atoms with van der Waals surface area (Å²) in [7, 11) is 0. The van der Waals surface area contributed by atoms with E-state index in [1.165, 1.54) is 22.8 Å². The monoisotopic (exact) mass is 525 g/mol. The van der Waals surface area contributed by atoms with E-state index in [4.69, 9.17) is 11.6 Å². The van der Waals surface area contributed by atoms with Crippen molar-refractivity contribution < 1.29 is 13.9 Å². The van der Waals surface area contributed by atoms with Crippen molar-refractivity contribution in [3.63, 3.8) is 0 Å². The normalized spacial score (nSPS) is 13.9. The van der Waals surface area contributed by atoms with Crippen molar-refractivity contribution in [3.05, 3.63) is 91.0 Å². The van der Waals surface area contributed by atoms with Crippen molar-refractivity contribution in [2.75, 3.05) is 13.1 Å². The Labute approximate surface area is 216 Å². The molecule has 9 heteroatoms. The molecule has 37 heavy (non-hydrogen) atoms. The highest BCUT2D eigenvalue weighted by atomic mass is 35.5. The summed E-state index contributed by atoms with van der Waals surface area (Å²) >= 11 is 6.51. The Morgan fingerprint density at radius 2 is 1.78 bits per heavy atom. The van der Waals surface area contributed by atoms with Gasteiger partial charge in [0.2, 0.25) is 0 Å². The number of halogens is 3. The molecule has 0 amide bonds. The first kappa shape index (κ1) is 25.2. The van der Waals surface area contributed by atoms with Gasteiger partial charge in [0.05, 0.1) is 21.8 Å². The lowest BCUT2D eigenvalue weighted by Gasteiger charge is -2.29. The highest BCUT2D eigenvalue weighted by Gasteiger charge is 2.29. The van der Waals surface area contributed by atoms with Crippen molar-refractivity contribution in [1.82, 2.24) is 14.5 Å². The van der Waals surface area contributed by atoms with E-state index in [0.717, 1.165) is 16.2 Å². The summed E-state index contributed by atoms with van der Waals surface area (Å²) in [4.78, 5) is 27.2. The van der Waals surface area contributed by atoms with Gasteiger partial charge in [0.1, 0.15) is 17.1 Å². The first-order valence-electron chi connectivity index (χ1n) is 12.1. The third-order valence-corrected chi connectivity index (χ3v) is 7.28. The van der Waals surface area contributed by atoms with Crippen molar-refractivity contribution in [3.8, 4) is 22.6 Å². The first-order chi connectivity index (χ1) is 17.6. The molecule has 6 nitrogen and oxygen atoms in total. The van der Waals surface area contributed by atoms with Gasteiger partial charge < -0.3 is 15.0 Å². The molecule has 0 unspecified atom stereocenters. The van der Waals surface area contributed by atoms with Crippen molar-refractivity contribution >= 4 is 22.6 Å². The quantitative estimate of drug-likeness (QED) is 0.355. The lowest BCUT2D eigenvalue weighted by Crippen LogP contribution is -2.48. The average Bonchev–Trinajstić information content (AvgIpc) is 2.81. The number of nitrogens with one attached hydrogen (secondary N) is 1. The molecule has 0 bridgehead atoms. The largest absolute Gasteiger partial charge is 0.507 e. The number of phenols is 1. The minimum absolute atomic E-state index is 0.0502. The maximum Gasteiger partial charge on any atom is 0.321 e. The molecule has 0 radical (unpaired) electrons. The number of para-hydroxylation sites is 1. The fourth-order valence-corrected chi connectivity index (χ4v) is 5.29. The molecule has 1 aliphatic heterocycles. The number of aromatic nitrogens is 2. The summed E-state index contributed by atoms with van der Waals surface area (Å²) in [5.41, 5.74) is -0.782. The zero-order valence-corrected chi connectivity index (χ0v) is 21.4. The number of rotatable bonds is 5. The van der Waals surface area contributed by atoms with E-state index in [9.17, 15) is 19.1 Å². The highest BCUT2D eigenvalue weighted by Crippen LogP contribution is 2.41. The summed E-state index contributed by atoms with van der Waals surface area (Å²) < 4.78 is 33.9. The van der Waals surface area contributed by atoms with E-state index in [1.54, 1.807) is 13.0 Å². The molecule has 1 aliphatic rings. The van der Waals surface area contributed by atoms with Crippen LogP contribution in [0.15, 0.2) is 52.1 Å². The standard InChI is InChI=1S/C28H26ClF2N3O3/c1-14(2)17-7-4-6-15(3)25(17)34-26-20(33(27(36)28(34)37)13-16-11-32-12-16)10-18(29)22(24(26)31)23-19(30)8-5-9-21(23)35/h4-10,14,16,32,35H,11-13H2,1-3H3. The molecule has 192 valence electrons. The molecular weight excluding hydrogens is 500 g/mol. The van der Waals surface area contributed by atoms with Crippen molar-refractivity contribution in [1.29, 1.82) is 0 Å². The Kier molecular flexibility index (Phi) is 6.41. The summed E-state index contributed by atoms with van der Waals surface area (Å²) in [6.45, 7) is 7.16. The zero-order chi connectivity index (χ0) is 26.6. The summed E-state index contributed by atoms with van der Waals surface area (Å²) in [5.74, 6) is -2.34.